The first kappa shape index (κ1) is 17.0. The maximum absolute atomic E-state index is 12.8. The Morgan fingerprint density at radius 3 is 2.71 bits per heavy atom. The average Bonchev–Trinajstić information content (AvgIpc) is 3.10. The molecule has 0 spiro atoms. The number of rotatable bonds is 4. The van der Waals surface area contributed by atoms with Gasteiger partial charge in [-0.2, -0.15) is 5.10 Å². The normalized spacial score (nSPS) is 11.2. The molecule has 0 aliphatic heterocycles. The molecule has 2 heterocycles. The van der Waals surface area contributed by atoms with Crippen LogP contribution in [-0.2, 0) is 19.9 Å². The summed E-state index contributed by atoms with van der Waals surface area (Å²) in [5.74, 6) is -0.0951. The Labute approximate surface area is 150 Å². The zero-order chi connectivity index (χ0) is 17.4. The number of fused-ring (bicyclic) bond motifs is 1. The van der Waals surface area contributed by atoms with Crippen molar-refractivity contribution in [1.82, 2.24) is 9.78 Å². The predicted molar refractivity (Wildman–Crippen MR) is 101 cm³/mol. The van der Waals surface area contributed by atoms with Gasteiger partial charge in [-0.05, 0) is 43.0 Å². The monoisotopic (exact) mass is 361 g/mol. The van der Waals surface area contributed by atoms with E-state index in [1.165, 1.54) is 11.3 Å². The van der Waals surface area contributed by atoms with Crippen molar-refractivity contribution in [3.8, 4) is 0 Å². The Kier molecular flexibility index (Phi) is 4.65. The number of hydrogen-bond donors (Lipinski definition) is 1. The Balaban J connectivity index is 1.99. The van der Waals surface area contributed by atoms with Gasteiger partial charge in [0.05, 0.1) is 10.6 Å². The number of nitrogens with one attached hydrogen (secondary N) is 1. The molecule has 1 N–H and O–H groups in total. The van der Waals surface area contributed by atoms with Crippen LogP contribution in [0.15, 0.2) is 18.2 Å². The summed E-state index contributed by atoms with van der Waals surface area (Å²) in [6.07, 6.45) is 1.62. The minimum absolute atomic E-state index is 0.0951. The van der Waals surface area contributed by atoms with Gasteiger partial charge in [0.2, 0.25) is 0 Å². The molecule has 0 saturated carbocycles. The standard InChI is InChI=1S/C18H20ClN3OS/c1-5-11-7-8-14(19)12(6-2)16(11)20-17(23)15-9-13-10(3)21-22(4)18(13)24-15/h7-9H,5-6H2,1-4H3,(H,20,23). The molecule has 0 aliphatic rings. The zero-order valence-electron chi connectivity index (χ0n) is 14.2. The minimum atomic E-state index is -0.0951. The van der Waals surface area contributed by atoms with E-state index in [0.717, 1.165) is 45.6 Å². The molecule has 24 heavy (non-hydrogen) atoms. The summed E-state index contributed by atoms with van der Waals surface area (Å²) in [5.41, 5.74) is 3.88. The molecule has 0 aliphatic carbocycles. The van der Waals surface area contributed by atoms with Gasteiger partial charge in [0, 0.05) is 23.1 Å². The number of halogens is 1. The lowest BCUT2D eigenvalue weighted by Gasteiger charge is -2.15. The fourth-order valence-electron chi connectivity index (χ4n) is 2.96. The van der Waals surface area contributed by atoms with Crippen molar-refractivity contribution in [2.24, 2.45) is 7.05 Å². The fraction of sp³-hybridized carbons (Fsp3) is 0.333. The van der Waals surface area contributed by atoms with Crippen LogP contribution in [0.5, 0.6) is 0 Å². The zero-order valence-corrected chi connectivity index (χ0v) is 15.8. The second kappa shape index (κ2) is 6.57. The second-order valence-electron chi connectivity index (χ2n) is 5.76. The van der Waals surface area contributed by atoms with E-state index < -0.39 is 0 Å². The highest BCUT2D eigenvalue weighted by molar-refractivity contribution is 7.20. The maximum Gasteiger partial charge on any atom is 0.265 e. The first-order valence-electron chi connectivity index (χ1n) is 8.01. The Bertz CT molecular complexity index is 892. The van der Waals surface area contributed by atoms with Crippen LogP contribution in [0.3, 0.4) is 0 Å². The highest BCUT2D eigenvalue weighted by atomic mass is 35.5. The van der Waals surface area contributed by atoms with Gasteiger partial charge in [-0.3, -0.25) is 9.48 Å². The smallest absolute Gasteiger partial charge is 0.265 e. The van der Waals surface area contributed by atoms with Crippen molar-refractivity contribution in [1.29, 1.82) is 0 Å². The van der Waals surface area contributed by atoms with Gasteiger partial charge in [-0.25, -0.2) is 0 Å². The second-order valence-corrected chi connectivity index (χ2v) is 7.20. The lowest BCUT2D eigenvalue weighted by atomic mass is 10.0. The van der Waals surface area contributed by atoms with Crippen LogP contribution in [0.1, 0.15) is 40.3 Å². The molecule has 0 radical (unpaired) electrons. The molecule has 126 valence electrons. The number of thiophene rings is 1. The summed E-state index contributed by atoms with van der Waals surface area (Å²) in [6.45, 7) is 6.08. The lowest BCUT2D eigenvalue weighted by molar-refractivity contribution is 0.103. The SMILES string of the molecule is CCc1ccc(Cl)c(CC)c1NC(=O)c1cc2c(C)nn(C)c2s1. The summed E-state index contributed by atoms with van der Waals surface area (Å²) in [4.78, 5) is 14.5. The van der Waals surface area contributed by atoms with Gasteiger partial charge in [-0.1, -0.05) is 31.5 Å². The molecule has 3 aromatic rings. The maximum atomic E-state index is 12.8. The summed E-state index contributed by atoms with van der Waals surface area (Å²) >= 11 is 7.77. The van der Waals surface area contributed by atoms with E-state index in [4.69, 9.17) is 11.6 Å². The Morgan fingerprint density at radius 2 is 2.08 bits per heavy atom. The highest BCUT2D eigenvalue weighted by Gasteiger charge is 2.18. The van der Waals surface area contributed by atoms with Gasteiger partial charge in [-0.15, -0.1) is 11.3 Å². The van der Waals surface area contributed by atoms with E-state index >= 15 is 0 Å². The van der Waals surface area contributed by atoms with E-state index in [1.54, 1.807) is 0 Å². The van der Waals surface area contributed by atoms with Crippen molar-refractivity contribution in [2.75, 3.05) is 5.32 Å². The number of anilines is 1. The summed E-state index contributed by atoms with van der Waals surface area (Å²) in [5, 5.41) is 9.19. The van der Waals surface area contributed by atoms with Gasteiger partial charge >= 0.3 is 0 Å². The molecule has 6 heteroatoms. The van der Waals surface area contributed by atoms with Crippen LogP contribution in [0.25, 0.3) is 10.2 Å². The van der Waals surface area contributed by atoms with Crippen molar-refractivity contribution >= 4 is 44.7 Å². The Hall–Kier alpha value is -1.85. The molecule has 0 unspecified atom stereocenters. The van der Waals surface area contributed by atoms with Crippen molar-refractivity contribution < 1.29 is 4.79 Å². The molecule has 4 nitrogen and oxygen atoms in total. The largest absolute Gasteiger partial charge is 0.321 e. The van der Waals surface area contributed by atoms with Gasteiger partial charge in [0.1, 0.15) is 4.83 Å². The lowest BCUT2D eigenvalue weighted by Crippen LogP contribution is -2.14. The number of aryl methyl sites for hydroxylation is 3. The van der Waals surface area contributed by atoms with Crippen LogP contribution in [-0.4, -0.2) is 15.7 Å². The quantitative estimate of drug-likeness (QED) is 0.712. The third-order valence-corrected chi connectivity index (χ3v) is 5.79. The van der Waals surface area contributed by atoms with E-state index in [1.807, 2.05) is 43.8 Å². The number of hydrogen-bond acceptors (Lipinski definition) is 3. The third kappa shape index (κ3) is 2.82. The van der Waals surface area contributed by atoms with Crippen molar-refractivity contribution in [3.63, 3.8) is 0 Å². The highest BCUT2D eigenvalue weighted by Crippen LogP contribution is 2.32. The van der Waals surface area contributed by atoms with Crippen molar-refractivity contribution in [2.45, 2.75) is 33.6 Å². The molecular weight excluding hydrogens is 342 g/mol. The number of carbonyl (C=O) groups is 1. The van der Waals surface area contributed by atoms with Crippen LogP contribution in [0, 0.1) is 6.92 Å². The number of carbonyl (C=O) groups excluding carboxylic acids is 1. The van der Waals surface area contributed by atoms with Crippen LogP contribution < -0.4 is 5.32 Å². The molecule has 1 aromatic carbocycles. The molecule has 0 fully saturated rings. The van der Waals surface area contributed by atoms with Gasteiger partial charge in [0.15, 0.2) is 0 Å². The van der Waals surface area contributed by atoms with Crippen LogP contribution >= 0.6 is 22.9 Å². The summed E-state index contributed by atoms with van der Waals surface area (Å²) in [7, 11) is 1.90. The van der Waals surface area contributed by atoms with E-state index in [2.05, 4.69) is 17.3 Å². The number of amides is 1. The first-order chi connectivity index (χ1) is 11.5. The molecule has 0 bridgehead atoms. The predicted octanol–water partition coefficient (Wildman–Crippen LogP) is 4.97. The molecule has 3 rings (SSSR count). The van der Waals surface area contributed by atoms with E-state index in [0.29, 0.717) is 9.90 Å². The first-order valence-corrected chi connectivity index (χ1v) is 9.20. The summed E-state index contributed by atoms with van der Waals surface area (Å²) in [6, 6.07) is 5.80. The van der Waals surface area contributed by atoms with Crippen LogP contribution in [0.2, 0.25) is 5.02 Å². The Morgan fingerprint density at radius 1 is 1.33 bits per heavy atom. The number of aromatic nitrogens is 2. The minimum Gasteiger partial charge on any atom is -0.321 e. The fourth-order valence-corrected chi connectivity index (χ4v) is 4.27. The topological polar surface area (TPSA) is 46.9 Å². The molecule has 0 saturated heterocycles. The van der Waals surface area contributed by atoms with Crippen molar-refractivity contribution in [3.05, 3.63) is 44.9 Å². The van der Waals surface area contributed by atoms with Crippen LogP contribution in [0.4, 0.5) is 5.69 Å². The van der Waals surface area contributed by atoms with E-state index in [9.17, 15) is 4.79 Å². The molecule has 1 amide bonds. The number of benzene rings is 1. The molecule has 0 atom stereocenters. The number of nitrogens with zero attached hydrogens (tertiary/aromatic N) is 2. The average molecular weight is 362 g/mol. The van der Waals surface area contributed by atoms with E-state index in [-0.39, 0.29) is 5.91 Å². The summed E-state index contributed by atoms with van der Waals surface area (Å²) < 4.78 is 1.82. The molecule has 2 aromatic heterocycles. The third-order valence-electron chi connectivity index (χ3n) is 4.23. The molecular formula is C18H20ClN3OS. The van der Waals surface area contributed by atoms with Gasteiger partial charge < -0.3 is 5.32 Å². The van der Waals surface area contributed by atoms with Gasteiger partial charge in [0.25, 0.3) is 5.91 Å².